The Balaban J connectivity index is 1.48. The van der Waals surface area contributed by atoms with Gasteiger partial charge in [0.2, 0.25) is 0 Å². The summed E-state index contributed by atoms with van der Waals surface area (Å²) in [6, 6.07) is 16.8. The summed E-state index contributed by atoms with van der Waals surface area (Å²) in [5.74, 6) is -0.153. The van der Waals surface area contributed by atoms with E-state index in [1.54, 1.807) is 17.0 Å². The number of fused-ring (bicyclic) bond motifs is 3. The maximum absolute atomic E-state index is 13.0. The van der Waals surface area contributed by atoms with Crippen molar-refractivity contribution < 1.29 is 18.7 Å². The van der Waals surface area contributed by atoms with E-state index in [2.05, 4.69) is 0 Å². The normalized spacial score (nSPS) is 21.8. The zero-order chi connectivity index (χ0) is 17.7. The molecule has 5 rings (SSSR count). The van der Waals surface area contributed by atoms with Crippen LogP contribution in [0, 0.1) is 0 Å². The molecule has 1 spiro atoms. The van der Waals surface area contributed by atoms with Crippen LogP contribution in [0.4, 0.5) is 0 Å². The topological polar surface area (TPSA) is 59.8 Å². The van der Waals surface area contributed by atoms with Gasteiger partial charge in [-0.2, -0.15) is 0 Å². The molecule has 0 saturated carbocycles. The van der Waals surface area contributed by atoms with Crippen LogP contribution in [0.3, 0.4) is 0 Å². The number of rotatable bonds is 1. The molecule has 1 saturated heterocycles. The second-order valence-corrected chi connectivity index (χ2v) is 6.91. The highest BCUT2D eigenvalue weighted by Crippen LogP contribution is 2.43. The number of hydrogen-bond donors (Lipinski definition) is 0. The van der Waals surface area contributed by atoms with E-state index in [4.69, 9.17) is 9.15 Å². The number of benzene rings is 2. The Morgan fingerprint density at radius 1 is 1.08 bits per heavy atom. The summed E-state index contributed by atoms with van der Waals surface area (Å²) in [4.78, 5) is 27.0. The first kappa shape index (κ1) is 15.2. The fourth-order valence-corrected chi connectivity index (χ4v) is 4.09. The summed E-state index contributed by atoms with van der Waals surface area (Å²) in [5.41, 5.74) is 1.44. The van der Waals surface area contributed by atoms with Crippen LogP contribution in [0.5, 0.6) is 0 Å². The van der Waals surface area contributed by atoms with Gasteiger partial charge in [-0.15, -0.1) is 0 Å². The number of ether oxygens (including phenoxy) is 1. The maximum Gasteiger partial charge on any atom is 0.339 e. The Hall–Kier alpha value is -3.08. The number of piperidine rings is 1. The largest absolute Gasteiger partial charge is 0.451 e. The quantitative estimate of drug-likeness (QED) is 0.629. The Labute approximate surface area is 150 Å². The number of amides is 1. The van der Waals surface area contributed by atoms with E-state index in [1.165, 1.54) is 0 Å². The number of carbonyl (C=O) groups is 2. The number of furan rings is 1. The van der Waals surface area contributed by atoms with Gasteiger partial charge in [0.1, 0.15) is 5.58 Å². The van der Waals surface area contributed by atoms with E-state index in [1.807, 2.05) is 42.5 Å². The fraction of sp³-hybridized carbons (Fsp3) is 0.238. The van der Waals surface area contributed by atoms with Crippen LogP contribution in [0.1, 0.15) is 39.3 Å². The summed E-state index contributed by atoms with van der Waals surface area (Å²) in [6.45, 7) is 0.975. The number of carbonyl (C=O) groups excluding carboxylic acids is 2. The van der Waals surface area contributed by atoms with Crippen molar-refractivity contribution in [3.05, 3.63) is 71.5 Å². The van der Waals surface area contributed by atoms with Crippen LogP contribution in [-0.2, 0) is 10.3 Å². The van der Waals surface area contributed by atoms with E-state index < -0.39 is 5.60 Å². The third-order valence-electron chi connectivity index (χ3n) is 5.30. The van der Waals surface area contributed by atoms with Gasteiger partial charge < -0.3 is 14.1 Å². The minimum absolute atomic E-state index is 0.166. The number of para-hydroxylation sites is 1. The molecule has 130 valence electrons. The number of nitrogens with zero attached hydrogens (tertiary/aromatic N) is 1. The Morgan fingerprint density at radius 2 is 1.88 bits per heavy atom. The first-order valence-corrected chi connectivity index (χ1v) is 8.77. The molecule has 2 aliphatic rings. The van der Waals surface area contributed by atoms with Crippen LogP contribution in [0.15, 0.2) is 59.0 Å². The molecular formula is C21H17NO4. The van der Waals surface area contributed by atoms with E-state index in [-0.39, 0.29) is 11.9 Å². The summed E-state index contributed by atoms with van der Waals surface area (Å²) in [6.07, 6.45) is 1.49. The first-order chi connectivity index (χ1) is 12.7. The molecule has 5 heteroatoms. The van der Waals surface area contributed by atoms with Gasteiger partial charge >= 0.3 is 5.97 Å². The third kappa shape index (κ3) is 2.17. The molecule has 0 radical (unpaired) electrons. The van der Waals surface area contributed by atoms with Crippen molar-refractivity contribution in [1.29, 1.82) is 0 Å². The minimum Gasteiger partial charge on any atom is -0.451 e. The van der Waals surface area contributed by atoms with Crippen LogP contribution in [0.2, 0.25) is 0 Å². The maximum atomic E-state index is 13.0. The van der Waals surface area contributed by atoms with Gasteiger partial charge in [-0.05, 0) is 31.0 Å². The second kappa shape index (κ2) is 5.46. The number of esters is 1. The lowest BCUT2D eigenvalue weighted by Crippen LogP contribution is -2.48. The van der Waals surface area contributed by atoms with Gasteiger partial charge in [0.25, 0.3) is 5.91 Å². The number of likely N-dealkylation sites (tertiary alicyclic amines) is 1. The summed E-state index contributed by atoms with van der Waals surface area (Å²) < 4.78 is 11.5. The van der Waals surface area contributed by atoms with Crippen molar-refractivity contribution >= 4 is 22.8 Å². The van der Waals surface area contributed by atoms with Crippen LogP contribution < -0.4 is 0 Å². The van der Waals surface area contributed by atoms with Gasteiger partial charge in [-0.3, -0.25) is 4.79 Å². The second-order valence-electron chi connectivity index (χ2n) is 6.91. The average Bonchev–Trinajstić information content (AvgIpc) is 3.22. The van der Waals surface area contributed by atoms with E-state index in [0.29, 0.717) is 30.0 Å². The lowest BCUT2D eigenvalue weighted by molar-refractivity contribution is -0.0446. The molecule has 1 atom stereocenters. The average molecular weight is 347 g/mol. The molecule has 1 amide bonds. The molecule has 0 N–H and O–H groups in total. The SMILES string of the molecule is O=C1OC2(CCCN(C(=O)c3cc4ccccc4o3)C2)c2ccccc21. The van der Waals surface area contributed by atoms with E-state index >= 15 is 0 Å². The van der Waals surface area contributed by atoms with Crippen molar-refractivity contribution in [2.24, 2.45) is 0 Å². The highest BCUT2D eigenvalue weighted by Gasteiger charge is 2.49. The zero-order valence-electron chi connectivity index (χ0n) is 14.1. The molecule has 2 aromatic carbocycles. The van der Waals surface area contributed by atoms with Crippen LogP contribution in [-0.4, -0.2) is 29.9 Å². The molecule has 2 aliphatic heterocycles. The third-order valence-corrected chi connectivity index (χ3v) is 5.30. The highest BCUT2D eigenvalue weighted by molar-refractivity contribution is 5.97. The molecule has 3 heterocycles. The number of hydrogen-bond acceptors (Lipinski definition) is 4. The molecule has 26 heavy (non-hydrogen) atoms. The smallest absolute Gasteiger partial charge is 0.339 e. The van der Waals surface area contributed by atoms with Crippen molar-refractivity contribution in [1.82, 2.24) is 4.90 Å². The Morgan fingerprint density at radius 3 is 2.77 bits per heavy atom. The molecule has 5 nitrogen and oxygen atoms in total. The van der Waals surface area contributed by atoms with Crippen molar-refractivity contribution in [3.8, 4) is 0 Å². The molecule has 3 aromatic rings. The van der Waals surface area contributed by atoms with Gasteiger partial charge in [0.05, 0.1) is 12.1 Å². The Bertz CT molecular complexity index is 1000. The molecule has 1 fully saturated rings. The van der Waals surface area contributed by atoms with Crippen molar-refractivity contribution in [2.45, 2.75) is 18.4 Å². The van der Waals surface area contributed by atoms with Gasteiger partial charge in [-0.25, -0.2) is 4.79 Å². The fourth-order valence-electron chi connectivity index (χ4n) is 4.09. The van der Waals surface area contributed by atoms with E-state index in [0.717, 1.165) is 23.8 Å². The van der Waals surface area contributed by atoms with Gasteiger partial charge in [0.15, 0.2) is 11.4 Å². The highest BCUT2D eigenvalue weighted by atomic mass is 16.6. The minimum atomic E-state index is -0.742. The van der Waals surface area contributed by atoms with Crippen molar-refractivity contribution in [2.75, 3.05) is 13.1 Å². The predicted octanol–water partition coefficient (Wildman–Crippen LogP) is 3.73. The first-order valence-electron chi connectivity index (χ1n) is 8.77. The summed E-state index contributed by atoms with van der Waals surface area (Å²) in [5, 5.41) is 0.903. The lowest BCUT2D eigenvalue weighted by atomic mass is 9.85. The molecular weight excluding hydrogens is 330 g/mol. The van der Waals surface area contributed by atoms with Gasteiger partial charge in [0, 0.05) is 17.5 Å². The van der Waals surface area contributed by atoms with Crippen molar-refractivity contribution in [3.63, 3.8) is 0 Å². The van der Waals surface area contributed by atoms with Crippen LogP contribution >= 0.6 is 0 Å². The Kier molecular flexibility index (Phi) is 3.19. The zero-order valence-corrected chi connectivity index (χ0v) is 14.1. The van der Waals surface area contributed by atoms with E-state index in [9.17, 15) is 9.59 Å². The standard InChI is InChI=1S/C21H17NO4/c23-19(18-12-14-6-1-4-9-17(14)25-18)22-11-5-10-21(13-22)16-8-3-2-7-15(16)20(24)26-21/h1-4,6-9,12H,5,10-11,13H2. The lowest BCUT2D eigenvalue weighted by Gasteiger charge is -2.39. The molecule has 0 bridgehead atoms. The monoisotopic (exact) mass is 347 g/mol. The molecule has 1 unspecified atom stereocenters. The van der Waals surface area contributed by atoms with Gasteiger partial charge in [-0.1, -0.05) is 36.4 Å². The predicted molar refractivity (Wildman–Crippen MR) is 94.9 cm³/mol. The van der Waals surface area contributed by atoms with Crippen LogP contribution in [0.25, 0.3) is 11.0 Å². The molecule has 0 aliphatic carbocycles. The summed E-state index contributed by atoms with van der Waals surface area (Å²) >= 11 is 0. The summed E-state index contributed by atoms with van der Waals surface area (Å²) in [7, 11) is 0. The molecule has 1 aromatic heterocycles.